The summed E-state index contributed by atoms with van der Waals surface area (Å²) in [6.45, 7) is 0. The van der Waals surface area contributed by atoms with E-state index >= 15 is 0 Å². The van der Waals surface area contributed by atoms with Crippen LogP contribution >= 0.6 is 0 Å². The molecule has 11 aromatic rings. The van der Waals surface area contributed by atoms with E-state index in [1.807, 2.05) is 54.6 Å². The van der Waals surface area contributed by atoms with Crippen LogP contribution in [-0.2, 0) is 19.5 Å². The zero-order chi connectivity index (χ0) is 28.8. The van der Waals surface area contributed by atoms with Gasteiger partial charge in [-0.25, -0.2) is 0 Å². The fourth-order valence-corrected chi connectivity index (χ4v) is 6.58. The third-order valence-electron chi connectivity index (χ3n) is 8.41. The van der Waals surface area contributed by atoms with Crippen LogP contribution in [-0.4, -0.2) is 19.9 Å². The van der Waals surface area contributed by atoms with Gasteiger partial charge in [0.2, 0.25) is 0 Å². The molecular formula is C36H18N6O2Zn. The van der Waals surface area contributed by atoms with Crippen LogP contribution in [0.15, 0.2) is 119 Å². The molecule has 0 fully saturated rings. The van der Waals surface area contributed by atoms with Crippen LogP contribution in [0, 0.1) is 0 Å². The van der Waals surface area contributed by atoms with E-state index < -0.39 is 0 Å². The summed E-state index contributed by atoms with van der Waals surface area (Å²) in [7, 11) is 0. The van der Waals surface area contributed by atoms with E-state index in [-0.39, 0.29) is 19.5 Å². The molecule has 0 aliphatic carbocycles. The average Bonchev–Trinajstić information content (AvgIpc) is 3.88. The van der Waals surface area contributed by atoms with Gasteiger partial charge in [-0.3, -0.25) is 9.97 Å². The van der Waals surface area contributed by atoms with Gasteiger partial charge >= 0.3 is 19.5 Å². The van der Waals surface area contributed by atoms with Gasteiger partial charge in [-0.05, 0) is 96.8 Å². The maximum atomic E-state index is 5.99. The van der Waals surface area contributed by atoms with Crippen molar-refractivity contribution >= 4 is 98.5 Å². The van der Waals surface area contributed by atoms with Crippen molar-refractivity contribution in [2.45, 2.75) is 0 Å². The summed E-state index contributed by atoms with van der Waals surface area (Å²) in [4.78, 5) is 26.8. The van der Waals surface area contributed by atoms with E-state index in [9.17, 15) is 0 Å². The van der Waals surface area contributed by atoms with Crippen molar-refractivity contribution in [2.24, 2.45) is 0 Å². The van der Waals surface area contributed by atoms with Crippen molar-refractivity contribution < 1.29 is 28.3 Å². The first kappa shape index (κ1) is 25.8. The Labute approximate surface area is 265 Å². The number of nitrogens with zero attached hydrogens (tertiary/aromatic N) is 6. The molecule has 0 aliphatic heterocycles. The molecule has 0 unspecified atom stereocenters. The monoisotopic (exact) mass is 630 g/mol. The fourth-order valence-electron chi connectivity index (χ4n) is 6.58. The summed E-state index contributed by atoms with van der Waals surface area (Å²) in [6.07, 6.45) is 6.81. The molecule has 0 saturated carbocycles. The van der Waals surface area contributed by atoms with E-state index in [2.05, 4.69) is 60.2 Å². The van der Waals surface area contributed by atoms with Crippen molar-refractivity contribution in [1.82, 2.24) is 29.9 Å². The molecule has 0 amide bonds. The van der Waals surface area contributed by atoms with Crippen molar-refractivity contribution in [3.05, 3.63) is 110 Å². The SMILES string of the molecule is [Zn+2].c1cnc2c(c1)oc1ccc3c4ccccc4c4nc[n-]c4c3c12.c1cnc2c(c1)oc1ccc3ccc4nc[n-]c4c3c12. The van der Waals surface area contributed by atoms with E-state index in [0.717, 1.165) is 93.1 Å². The molecule has 0 spiro atoms. The number of benzene rings is 5. The molecule has 0 N–H and O–H groups in total. The van der Waals surface area contributed by atoms with Crippen LogP contribution in [0.5, 0.6) is 0 Å². The number of furan rings is 2. The second-order valence-electron chi connectivity index (χ2n) is 10.7. The first-order valence-corrected chi connectivity index (χ1v) is 14.2. The van der Waals surface area contributed by atoms with E-state index in [0.29, 0.717) is 0 Å². The summed E-state index contributed by atoms with van der Waals surface area (Å²) in [5.74, 6) is 0. The Kier molecular flexibility index (Phi) is 5.55. The molecule has 0 saturated heterocycles. The Bertz CT molecular complexity index is 2920. The predicted molar refractivity (Wildman–Crippen MR) is 173 cm³/mol. The van der Waals surface area contributed by atoms with Gasteiger partial charge in [-0.1, -0.05) is 55.1 Å². The number of fused-ring (bicyclic) bond motifs is 17. The van der Waals surface area contributed by atoms with Crippen LogP contribution in [0.4, 0.5) is 0 Å². The summed E-state index contributed by atoms with van der Waals surface area (Å²) in [5.41, 5.74) is 8.64. The van der Waals surface area contributed by atoms with Crippen LogP contribution in [0.25, 0.3) is 98.5 Å². The zero-order valence-electron chi connectivity index (χ0n) is 23.6. The van der Waals surface area contributed by atoms with Gasteiger partial charge in [0.05, 0.1) is 10.8 Å². The van der Waals surface area contributed by atoms with E-state index in [1.165, 1.54) is 5.39 Å². The van der Waals surface area contributed by atoms with Crippen molar-refractivity contribution in [2.75, 3.05) is 0 Å². The topological polar surface area (TPSA) is 106 Å². The molecule has 206 valence electrons. The largest absolute Gasteiger partial charge is 2.00 e. The molecule has 0 aliphatic rings. The third kappa shape index (κ3) is 3.62. The first-order chi connectivity index (χ1) is 21.8. The number of hydrogen-bond acceptors (Lipinski definition) is 6. The van der Waals surface area contributed by atoms with Gasteiger partial charge in [0.15, 0.2) is 11.2 Å². The third-order valence-corrected chi connectivity index (χ3v) is 8.41. The smallest absolute Gasteiger partial charge is 0.454 e. The maximum Gasteiger partial charge on any atom is 2.00 e. The Morgan fingerprint density at radius 2 is 1.09 bits per heavy atom. The number of hydrogen-bond donors (Lipinski definition) is 0. The van der Waals surface area contributed by atoms with Gasteiger partial charge in [-0.15, -0.1) is 0 Å². The maximum absolute atomic E-state index is 5.99. The van der Waals surface area contributed by atoms with Gasteiger partial charge in [-0.2, -0.15) is 0 Å². The molecule has 6 heterocycles. The van der Waals surface area contributed by atoms with E-state index in [4.69, 9.17) is 8.83 Å². The average molecular weight is 632 g/mol. The first-order valence-electron chi connectivity index (χ1n) is 14.2. The number of pyridine rings is 2. The molecule has 6 aromatic heterocycles. The predicted octanol–water partition coefficient (Wildman–Crippen LogP) is 8.43. The minimum Gasteiger partial charge on any atom is -0.454 e. The van der Waals surface area contributed by atoms with E-state index in [1.54, 1.807) is 25.0 Å². The Hall–Kier alpha value is -5.66. The molecule has 5 aromatic carbocycles. The molecule has 11 rings (SSSR count). The van der Waals surface area contributed by atoms with Gasteiger partial charge in [0.25, 0.3) is 0 Å². The van der Waals surface area contributed by atoms with Crippen LogP contribution in [0.1, 0.15) is 0 Å². The molecule has 45 heavy (non-hydrogen) atoms. The molecular weight excluding hydrogens is 614 g/mol. The summed E-state index contributed by atoms with van der Waals surface area (Å²) >= 11 is 0. The van der Waals surface area contributed by atoms with Gasteiger partial charge in [0.1, 0.15) is 22.2 Å². The Balaban J connectivity index is 0.000000124. The van der Waals surface area contributed by atoms with Crippen LogP contribution < -0.4 is 9.97 Å². The van der Waals surface area contributed by atoms with Crippen molar-refractivity contribution in [3.63, 3.8) is 0 Å². The minimum atomic E-state index is 0. The van der Waals surface area contributed by atoms with Crippen molar-refractivity contribution in [3.8, 4) is 0 Å². The number of imidazole rings is 2. The number of rotatable bonds is 0. The normalized spacial score (nSPS) is 11.8. The zero-order valence-corrected chi connectivity index (χ0v) is 26.6. The molecule has 0 radical (unpaired) electrons. The summed E-state index contributed by atoms with van der Waals surface area (Å²) < 4.78 is 11.9. The molecule has 0 bridgehead atoms. The Morgan fingerprint density at radius 3 is 1.87 bits per heavy atom. The van der Waals surface area contributed by atoms with Gasteiger partial charge in [0, 0.05) is 12.4 Å². The standard InChI is InChI=1S/C20H10N3O.C16H8N3O.Zn/c1-2-5-13-11(4-1)12-7-8-14-17(16(12)20-18(13)22-10-23-20)19-15(24-14)6-3-9-21-19;1-2-12-16(17-7-1)14-11(20-12)6-4-9-3-5-10-15(13(9)14)19-8-18-10;/h1-10H;1-8H;/q2*-1;+2. The van der Waals surface area contributed by atoms with Crippen LogP contribution in [0.3, 0.4) is 0 Å². The Morgan fingerprint density at radius 1 is 0.444 bits per heavy atom. The minimum absolute atomic E-state index is 0. The summed E-state index contributed by atoms with van der Waals surface area (Å²) in [6, 6.07) is 28.2. The van der Waals surface area contributed by atoms with Crippen molar-refractivity contribution in [1.29, 1.82) is 0 Å². The molecule has 0 atom stereocenters. The summed E-state index contributed by atoms with van der Waals surface area (Å²) in [5, 5.41) is 8.73. The van der Waals surface area contributed by atoms with Crippen LogP contribution in [0.2, 0.25) is 0 Å². The second kappa shape index (κ2) is 9.67. The number of aromatic nitrogens is 6. The van der Waals surface area contributed by atoms with Gasteiger partial charge < -0.3 is 28.8 Å². The molecule has 9 heteroatoms. The molecule has 8 nitrogen and oxygen atoms in total. The second-order valence-corrected chi connectivity index (χ2v) is 10.7. The fraction of sp³-hybridized carbons (Fsp3) is 0. The quantitative estimate of drug-likeness (QED) is 0.121.